The first kappa shape index (κ1) is 15.0. The summed E-state index contributed by atoms with van der Waals surface area (Å²) in [5.41, 5.74) is 0.863. The number of nitrogens with zero attached hydrogens (tertiary/aromatic N) is 2. The molecule has 0 saturated heterocycles. The predicted molar refractivity (Wildman–Crippen MR) is 82.2 cm³/mol. The third-order valence-electron chi connectivity index (χ3n) is 4.05. The van der Waals surface area contributed by atoms with Crippen molar-refractivity contribution in [3.05, 3.63) is 11.4 Å². The highest BCUT2D eigenvalue weighted by Gasteiger charge is 2.37. The van der Waals surface area contributed by atoms with Gasteiger partial charge in [0.25, 0.3) is 0 Å². The lowest BCUT2D eigenvalue weighted by atomic mass is 9.77. The largest absolute Gasteiger partial charge is 0.394 e. The van der Waals surface area contributed by atoms with Crippen LogP contribution in [-0.4, -0.2) is 33.8 Å². The molecule has 0 bridgehead atoms. The molecule has 1 aliphatic rings. The topological polar surface area (TPSA) is 70.1 Å². The molecule has 3 N–H and O–H groups in total. The maximum Gasteiger partial charge on any atom is 0.135 e. The van der Waals surface area contributed by atoms with Crippen molar-refractivity contribution in [1.82, 2.24) is 9.97 Å². The third kappa shape index (κ3) is 3.03. The van der Waals surface area contributed by atoms with Gasteiger partial charge in [0.15, 0.2) is 0 Å². The van der Waals surface area contributed by atoms with Crippen LogP contribution in [-0.2, 0) is 6.42 Å². The van der Waals surface area contributed by atoms with Crippen molar-refractivity contribution in [2.75, 3.05) is 23.8 Å². The Balaban J connectivity index is 2.26. The Kier molecular flexibility index (Phi) is 4.81. The fraction of sp³-hybridized carbons (Fsp3) is 0.733. The van der Waals surface area contributed by atoms with Gasteiger partial charge in [-0.3, -0.25) is 0 Å². The smallest absolute Gasteiger partial charge is 0.135 e. The highest BCUT2D eigenvalue weighted by Crippen LogP contribution is 2.35. The van der Waals surface area contributed by atoms with Crippen LogP contribution in [0.1, 0.15) is 50.9 Å². The van der Waals surface area contributed by atoms with Gasteiger partial charge in [-0.15, -0.1) is 0 Å². The second-order valence-electron chi connectivity index (χ2n) is 5.66. The zero-order valence-electron chi connectivity index (χ0n) is 12.8. The lowest BCUT2D eigenvalue weighted by molar-refractivity contribution is 0.143. The summed E-state index contributed by atoms with van der Waals surface area (Å²) >= 11 is 0. The number of nitrogens with one attached hydrogen (secondary N) is 2. The van der Waals surface area contributed by atoms with Gasteiger partial charge >= 0.3 is 0 Å². The summed E-state index contributed by atoms with van der Waals surface area (Å²) in [6.07, 6.45) is 5.05. The first-order chi connectivity index (χ1) is 9.64. The quantitative estimate of drug-likeness (QED) is 0.715. The summed E-state index contributed by atoms with van der Waals surface area (Å²) in [6.45, 7) is 7.30. The molecule has 0 spiro atoms. The van der Waals surface area contributed by atoms with Crippen molar-refractivity contribution in [2.24, 2.45) is 0 Å². The predicted octanol–water partition coefficient (Wildman–Crippen LogP) is 2.50. The second kappa shape index (κ2) is 6.39. The molecule has 1 aromatic heterocycles. The van der Waals surface area contributed by atoms with Gasteiger partial charge < -0.3 is 15.7 Å². The minimum atomic E-state index is -0.174. The molecule has 5 nitrogen and oxygen atoms in total. The summed E-state index contributed by atoms with van der Waals surface area (Å²) in [4.78, 5) is 9.16. The van der Waals surface area contributed by atoms with Crippen molar-refractivity contribution < 1.29 is 5.11 Å². The normalized spacial score (nSPS) is 16.6. The van der Waals surface area contributed by atoms with E-state index < -0.39 is 0 Å². The molecule has 0 radical (unpaired) electrons. The van der Waals surface area contributed by atoms with Crippen LogP contribution in [0.5, 0.6) is 0 Å². The molecule has 1 aliphatic carbocycles. The zero-order chi connectivity index (χ0) is 14.6. The molecule has 0 unspecified atom stereocenters. The van der Waals surface area contributed by atoms with Crippen molar-refractivity contribution in [3.63, 3.8) is 0 Å². The molecule has 2 rings (SSSR count). The van der Waals surface area contributed by atoms with Gasteiger partial charge in [0.1, 0.15) is 17.5 Å². The number of aliphatic hydroxyl groups is 1. The second-order valence-corrected chi connectivity index (χ2v) is 5.66. The van der Waals surface area contributed by atoms with Crippen LogP contribution < -0.4 is 10.6 Å². The summed E-state index contributed by atoms with van der Waals surface area (Å²) in [7, 11) is 0. The van der Waals surface area contributed by atoms with Crippen LogP contribution in [0.15, 0.2) is 0 Å². The fourth-order valence-electron chi connectivity index (χ4n) is 2.44. The molecule has 1 saturated carbocycles. The lowest BCUT2D eigenvalue weighted by Crippen LogP contribution is -2.48. The molecule has 1 heterocycles. The summed E-state index contributed by atoms with van der Waals surface area (Å²) in [6, 6.07) is 0. The number of hydrogen-bond acceptors (Lipinski definition) is 5. The van der Waals surface area contributed by atoms with E-state index in [1.807, 2.05) is 6.92 Å². The van der Waals surface area contributed by atoms with E-state index in [0.717, 1.165) is 55.3 Å². The summed E-state index contributed by atoms with van der Waals surface area (Å²) < 4.78 is 0. The average molecular weight is 278 g/mol. The van der Waals surface area contributed by atoms with E-state index >= 15 is 0 Å². The zero-order valence-corrected chi connectivity index (χ0v) is 12.8. The van der Waals surface area contributed by atoms with E-state index in [0.29, 0.717) is 0 Å². The van der Waals surface area contributed by atoms with Crippen molar-refractivity contribution in [2.45, 2.75) is 58.4 Å². The number of aromatic nitrogens is 2. The van der Waals surface area contributed by atoms with Crippen molar-refractivity contribution in [3.8, 4) is 0 Å². The Bertz CT molecular complexity index is 452. The van der Waals surface area contributed by atoms with Gasteiger partial charge in [0.2, 0.25) is 0 Å². The fourth-order valence-corrected chi connectivity index (χ4v) is 2.44. The molecular formula is C15H26N4O. The van der Waals surface area contributed by atoms with E-state index in [9.17, 15) is 5.11 Å². The molecular weight excluding hydrogens is 252 g/mol. The van der Waals surface area contributed by atoms with Crippen LogP contribution in [0.3, 0.4) is 0 Å². The highest BCUT2D eigenvalue weighted by atomic mass is 16.3. The van der Waals surface area contributed by atoms with Gasteiger partial charge in [0.05, 0.1) is 12.1 Å². The first-order valence-electron chi connectivity index (χ1n) is 7.64. The van der Waals surface area contributed by atoms with E-state index in [1.54, 1.807) is 0 Å². The van der Waals surface area contributed by atoms with Crippen molar-refractivity contribution >= 4 is 11.6 Å². The van der Waals surface area contributed by atoms with Crippen LogP contribution in [0.4, 0.5) is 11.6 Å². The van der Waals surface area contributed by atoms with E-state index in [-0.39, 0.29) is 12.1 Å². The SMILES string of the molecule is CCCNc1nc(CC)nc(NC2(CO)CCC2)c1C. The Morgan fingerprint density at radius 3 is 2.40 bits per heavy atom. The molecule has 0 atom stereocenters. The lowest BCUT2D eigenvalue weighted by Gasteiger charge is -2.41. The number of rotatable bonds is 7. The Labute approximate surface area is 121 Å². The molecule has 112 valence electrons. The van der Waals surface area contributed by atoms with Gasteiger partial charge in [-0.2, -0.15) is 0 Å². The maximum absolute atomic E-state index is 9.60. The van der Waals surface area contributed by atoms with Gasteiger partial charge in [-0.05, 0) is 32.6 Å². The third-order valence-corrected chi connectivity index (χ3v) is 4.05. The molecule has 0 aliphatic heterocycles. The standard InChI is InChI=1S/C15H26N4O/c1-4-9-16-13-11(3)14(18-12(5-2)17-13)19-15(10-20)7-6-8-15/h20H,4-10H2,1-3H3,(H2,16,17,18,19). The summed E-state index contributed by atoms with van der Waals surface area (Å²) in [5, 5.41) is 16.4. The molecule has 5 heteroatoms. The van der Waals surface area contributed by atoms with Gasteiger partial charge in [-0.25, -0.2) is 9.97 Å². The van der Waals surface area contributed by atoms with Crippen LogP contribution in [0.2, 0.25) is 0 Å². The van der Waals surface area contributed by atoms with Crippen molar-refractivity contribution in [1.29, 1.82) is 0 Å². The Morgan fingerprint density at radius 2 is 1.90 bits per heavy atom. The Morgan fingerprint density at radius 1 is 1.20 bits per heavy atom. The monoisotopic (exact) mass is 278 g/mol. The number of aryl methyl sites for hydroxylation is 1. The first-order valence-corrected chi connectivity index (χ1v) is 7.64. The minimum absolute atomic E-state index is 0.162. The van der Waals surface area contributed by atoms with Gasteiger partial charge in [-0.1, -0.05) is 13.8 Å². The number of anilines is 2. The molecule has 0 amide bonds. The molecule has 0 aromatic carbocycles. The molecule has 20 heavy (non-hydrogen) atoms. The van der Waals surface area contributed by atoms with Gasteiger partial charge in [0, 0.05) is 18.5 Å². The van der Waals surface area contributed by atoms with E-state index in [4.69, 9.17) is 0 Å². The Hall–Kier alpha value is -1.36. The molecule has 1 fully saturated rings. The van der Waals surface area contributed by atoms with Crippen LogP contribution in [0.25, 0.3) is 0 Å². The van der Waals surface area contributed by atoms with Crippen LogP contribution >= 0.6 is 0 Å². The average Bonchev–Trinajstić information content (AvgIpc) is 2.43. The number of aliphatic hydroxyl groups excluding tert-OH is 1. The number of hydrogen-bond donors (Lipinski definition) is 3. The minimum Gasteiger partial charge on any atom is -0.394 e. The van der Waals surface area contributed by atoms with E-state index in [2.05, 4.69) is 34.4 Å². The van der Waals surface area contributed by atoms with E-state index in [1.165, 1.54) is 6.42 Å². The van der Waals surface area contributed by atoms with Crippen LogP contribution in [0, 0.1) is 6.92 Å². The highest BCUT2D eigenvalue weighted by molar-refractivity contribution is 5.58. The molecule has 1 aromatic rings. The maximum atomic E-state index is 9.60. The summed E-state index contributed by atoms with van der Waals surface area (Å²) in [5.74, 6) is 2.61.